The van der Waals surface area contributed by atoms with Gasteiger partial charge < -0.3 is 10.4 Å². The Kier molecular flexibility index (Phi) is 6.91. The van der Waals surface area contributed by atoms with E-state index in [0.29, 0.717) is 23.7 Å². The van der Waals surface area contributed by atoms with Crippen molar-refractivity contribution in [2.75, 3.05) is 5.32 Å². The van der Waals surface area contributed by atoms with Gasteiger partial charge in [-0.15, -0.1) is 0 Å². The smallest absolute Gasteiger partial charge is 0.248 e. The number of nitrogens with one attached hydrogen (secondary N) is 1. The van der Waals surface area contributed by atoms with Crippen LogP contribution in [0, 0.1) is 36.0 Å². The molecule has 0 aliphatic heterocycles. The van der Waals surface area contributed by atoms with E-state index in [1.54, 1.807) is 6.08 Å². The monoisotopic (exact) mass is 409 g/mol. The van der Waals surface area contributed by atoms with Crippen molar-refractivity contribution in [3.63, 3.8) is 0 Å². The number of allylic oxidation sites excluding steroid dienone is 2. The fourth-order valence-electron chi connectivity index (χ4n) is 5.95. The molecular formula is C27H39NO2. The summed E-state index contributed by atoms with van der Waals surface area (Å²) < 4.78 is 0. The molecule has 2 aliphatic rings. The molecule has 2 saturated carbocycles. The molecule has 0 bridgehead atoms. The zero-order chi connectivity index (χ0) is 22.1. The molecule has 3 heteroatoms. The van der Waals surface area contributed by atoms with Gasteiger partial charge in [-0.2, -0.15) is 0 Å². The van der Waals surface area contributed by atoms with Crippen molar-refractivity contribution in [3.8, 4) is 0 Å². The fraction of sp³-hybridized carbons (Fsp3) is 0.593. The molecule has 5 unspecified atom stereocenters. The molecular weight excluding hydrogens is 370 g/mol. The van der Waals surface area contributed by atoms with Crippen LogP contribution in [0.2, 0.25) is 0 Å². The Hall–Kier alpha value is -1.87. The molecule has 2 N–H and O–H groups in total. The highest BCUT2D eigenvalue weighted by Crippen LogP contribution is 2.56. The molecule has 30 heavy (non-hydrogen) atoms. The molecule has 0 saturated heterocycles. The number of carbonyl (C=O) groups is 1. The van der Waals surface area contributed by atoms with Crippen LogP contribution in [0.4, 0.5) is 5.69 Å². The number of hydrogen-bond donors (Lipinski definition) is 2. The molecule has 1 aromatic rings. The summed E-state index contributed by atoms with van der Waals surface area (Å²) in [5, 5.41) is 13.7. The Bertz CT molecular complexity index is 822. The van der Waals surface area contributed by atoms with Crippen LogP contribution in [-0.2, 0) is 4.79 Å². The van der Waals surface area contributed by atoms with Crippen molar-refractivity contribution in [3.05, 3.63) is 53.6 Å². The van der Waals surface area contributed by atoms with E-state index in [-0.39, 0.29) is 17.4 Å². The van der Waals surface area contributed by atoms with Crippen molar-refractivity contribution in [2.24, 2.45) is 29.1 Å². The van der Waals surface area contributed by atoms with E-state index in [9.17, 15) is 9.90 Å². The van der Waals surface area contributed by atoms with Crippen LogP contribution in [0.3, 0.4) is 0 Å². The third-order valence-corrected chi connectivity index (χ3v) is 7.93. The highest BCUT2D eigenvalue weighted by atomic mass is 16.3. The molecule has 5 atom stereocenters. The fourth-order valence-corrected chi connectivity index (χ4v) is 5.95. The summed E-state index contributed by atoms with van der Waals surface area (Å²) >= 11 is 0. The van der Waals surface area contributed by atoms with E-state index < -0.39 is 0 Å². The second-order valence-corrected chi connectivity index (χ2v) is 10.4. The minimum atomic E-state index is -0.215. The maximum Gasteiger partial charge on any atom is 0.248 e. The van der Waals surface area contributed by atoms with Gasteiger partial charge in [0.05, 0.1) is 6.10 Å². The normalized spacial score (nSPS) is 31.2. The number of amides is 1. The topological polar surface area (TPSA) is 49.3 Å². The number of benzene rings is 1. The first-order valence-corrected chi connectivity index (χ1v) is 11.5. The van der Waals surface area contributed by atoms with Crippen molar-refractivity contribution >= 4 is 11.6 Å². The molecule has 3 nitrogen and oxygen atoms in total. The number of hydrogen-bond acceptors (Lipinski definition) is 2. The molecule has 2 aliphatic carbocycles. The van der Waals surface area contributed by atoms with E-state index in [0.717, 1.165) is 48.9 Å². The first-order valence-electron chi connectivity index (χ1n) is 11.5. The van der Waals surface area contributed by atoms with E-state index in [4.69, 9.17) is 0 Å². The number of carbonyl (C=O) groups excluding carboxylic acids is 1. The molecule has 3 rings (SSSR count). The third kappa shape index (κ3) is 4.72. The van der Waals surface area contributed by atoms with Gasteiger partial charge in [-0.25, -0.2) is 0 Å². The summed E-state index contributed by atoms with van der Waals surface area (Å²) in [5.74, 6) is 2.05. The zero-order valence-corrected chi connectivity index (χ0v) is 19.4. The van der Waals surface area contributed by atoms with E-state index in [1.807, 2.05) is 31.2 Å². The molecule has 164 valence electrons. The van der Waals surface area contributed by atoms with E-state index in [2.05, 4.69) is 39.6 Å². The summed E-state index contributed by atoms with van der Waals surface area (Å²) in [7, 11) is 0. The third-order valence-electron chi connectivity index (χ3n) is 7.93. The lowest BCUT2D eigenvalue weighted by molar-refractivity contribution is -0.112. The van der Waals surface area contributed by atoms with Crippen molar-refractivity contribution < 1.29 is 9.90 Å². The number of aliphatic hydroxyl groups excluding tert-OH is 1. The standard InChI is InChI=1S/C27H39NO2/c1-17(15-25(30)28-23-10-8-7-9-19(23)3)11-13-21-18(2)12-14-22-26(21)20(4)16-24(29)27(22,5)6/h7-10,15,20-22,24,26,29H,2,11-14,16H2,1,3-6H3,(H,28,30). The summed E-state index contributed by atoms with van der Waals surface area (Å²) in [6.07, 6.45) is 6.56. The SMILES string of the molecule is C=C1CCC2C(C(C)CC(O)C2(C)C)C1CCC(C)=CC(=O)Nc1ccccc1C. The first kappa shape index (κ1) is 22.8. The van der Waals surface area contributed by atoms with Crippen LogP contribution in [0.5, 0.6) is 0 Å². The number of aliphatic hydroxyl groups is 1. The van der Waals surface area contributed by atoms with Crippen LogP contribution < -0.4 is 5.32 Å². The molecule has 1 amide bonds. The average molecular weight is 410 g/mol. The lowest BCUT2D eigenvalue weighted by atomic mass is 9.50. The van der Waals surface area contributed by atoms with Crippen molar-refractivity contribution in [1.29, 1.82) is 0 Å². The van der Waals surface area contributed by atoms with Gasteiger partial charge in [0.1, 0.15) is 0 Å². The summed E-state index contributed by atoms with van der Waals surface area (Å²) in [6, 6.07) is 7.85. The Morgan fingerprint density at radius 2 is 2.03 bits per heavy atom. The highest BCUT2D eigenvalue weighted by molar-refractivity contribution is 6.00. The maximum atomic E-state index is 12.5. The Labute approximate surface area is 182 Å². The Morgan fingerprint density at radius 1 is 1.33 bits per heavy atom. The minimum absolute atomic E-state index is 0.0333. The Balaban J connectivity index is 1.66. The van der Waals surface area contributed by atoms with Gasteiger partial charge in [0.15, 0.2) is 0 Å². The van der Waals surface area contributed by atoms with Gasteiger partial charge in [0, 0.05) is 11.8 Å². The lowest BCUT2D eigenvalue weighted by Gasteiger charge is -2.55. The van der Waals surface area contributed by atoms with E-state index in [1.165, 1.54) is 5.57 Å². The molecule has 0 radical (unpaired) electrons. The van der Waals surface area contributed by atoms with Crippen LogP contribution in [0.25, 0.3) is 0 Å². The summed E-state index contributed by atoms with van der Waals surface area (Å²) in [6.45, 7) is 15.3. The zero-order valence-electron chi connectivity index (χ0n) is 19.4. The van der Waals surface area contributed by atoms with Crippen molar-refractivity contribution in [2.45, 2.75) is 72.8 Å². The average Bonchev–Trinajstić information content (AvgIpc) is 2.67. The first-order chi connectivity index (χ1) is 14.1. The largest absolute Gasteiger partial charge is 0.393 e. The molecule has 1 aromatic carbocycles. The van der Waals surface area contributed by atoms with Gasteiger partial charge in [0.2, 0.25) is 5.91 Å². The lowest BCUT2D eigenvalue weighted by Crippen LogP contribution is -2.52. The predicted octanol–water partition coefficient (Wildman–Crippen LogP) is 6.29. The number of fused-ring (bicyclic) bond motifs is 1. The second-order valence-electron chi connectivity index (χ2n) is 10.4. The predicted molar refractivity (Wildman–Crippen MR) is 125 cm³/mol. The second kappa shape index (κ2) is 9.09. The summed E-state index contributed by atoms with van der Waals surface area (Å²) in [4.78, 5) is 12.5. The minimum Gasteiger partial charge on any atom is -0.393 e. The molecule has 2 fully saturated rings. The van der Waals surface area contributed by atoms with Gasteiger partial charge in [-0.05, 0) is 86.7 Å². The van der Waals surface area contributed by atoms with Crippen molar-refractivity contribution in [1.82, 2.24) is 0 Å². The molecule has 0 spiro atoms. The molecule has 0 heterocycles. The highest BCUT2D eigenvalue weighted by Gasteiger charge is 2.51. The van der Waals surface area contributed by atoms with Crippen LogP contribution >= 0.6 is 0 Å². The molecule has 0 aromatic heterocycles. The summed E-state index contributed by atoms with van der Waals surface area (Å²) in [5.41, 5.74) is 4.38. The van der Waals surface area contributed by atoms with Crippen LogP contribution in [0.1, 0.15) is 65.4 Å². The van der Waals surface area contributed by atoms with Crippen LogP contribution in [-0.4, -0.2) is 17.1 Å². The van der Waals surface area contributed by atoms with E-state index >= 15 is 0 Å². The van der Waals surface area contributed by atoms with Gasteiger partial charge in [0.25, 0.3) is 0 Å². The van der Waals surface area contributed by atoms with Gasteiger partial charge >= 0.3 is 0 Å². The van der Waals surface area contributed by atoms with Gasteiger partial charge in [-0.1, -0.05) is 56.7 Å². The number of para-hydroxylation sites is 1. The Morgan fingerprint density at radius 3 is 2.73 bits per heavy atom. The number of aryl methyl sites for hydroxylation is 1. The number of rotatable bonds is 5. The van der Waals surface area contributed by atoms with Gasteiger partial charge in [-0.3, -0.25) is 4.79 Å². The number of anilines is 1. The van der Waals surface area contributed by atoms with Crippen LogP contribution in [0.15, 0.2) is 48.1 Å². The maximum absolute atomic E-state index is 12.5. The quantitative estimate of drug-likeness (QED) is 0.444.